The quantitative estimate of drug-likeness (QED) is 0.482. The minimum Gasteiger partial charge on any atom is -0.344 e. The lowest BCUT2D eigenvalue weighted by Gasteiger charge is -2.43. The summed E-state index contributed by atoms with van der Waals surface area (Å²) >= 11 is 0. The van der Waals surface area contributed by atoms with E-state index in [2.05, 4.69) is 15.7 Å². The number of aldehydes is 1. The van der Waals surface area contributed by atoms with Crippen LogP contribution in [-0.2, 0) is 30.5 Å². The van der Waals surface area contributed by atoms with Gasteiger partial charge in [0, 0.05) is 25.9 Å². The largest absolute Gasteiger partial charge is 0.344 e. The summed E-state index contributed by atoms with van der Waals surface area (Å²) in [6.45, 7) is 5.63. The molecule has 0 radical (unpaired) electrons. The third kappa shape index (κ3) is 5.32. The van der Waals surface area contributed by atoms with Gasteiger partial charge in [-0.15, -0.1) is 0 Å². The first-order valence-electron chi connectivity index (χ1n) is 11.4. The molecule has 0 bridgehead atoms. The first-order chi connectivity index (χ1) is 16.2. The lowest BCUT2D eigenvalue weighted by molar-refractivity contribution is -0.176. The Morgan fingerprint density at radius 1 is 1.26 bits per heavy atom. The maximum absolute atomic E-state index is 13.5. The SMILES string of the molecule is CCn1nc(C)cc1C(=O)N[C@H]1CCC(=O)N2CCC[C@@H](C(=O)N[C@H](C=O)CC(C)=O)N2C1=O. The van der Waals surface area contributed by atoms with Gasteiger partial charge in [-0.3, -0.25) is 33.7 Å². The van der Waals surface area contributed by atoms with Crippen molar-refractivity contribution in [1.82, 2.24) is 30.4 Å². The summed E-state index contributed by atoms with van der Waals surface area (Å²) in [5.74, 6) is -2.30. The number of carbonyl (C=O) groups is 6. The van der Waals surface area contributed by atoms with E-state index < -0.39 is 35.8 Å². The fraction of sp³-hybridized carbons (Fsp3) is 0.591. The van der Waals surface area contributed by atoms with Crippen molar-refractivity contribution in [3.8, 4) is 0 Å². The molecule has 0 spiro atoms. The summed E-state index contributed by atoms with van der Waals surface area (Å²) in [6.07, 6.45) is 1.17. The van der Waals surface area contributed by atoms with E-state index in [4.69, 9.17) is 0 Å². The number of nitrogens with one attached hydrogen (secondary N) is 2. The van der Waals surface area contributed by atoms with Crippen molar-refractivity contribution in [1.29, 1.82) is 0 Å². The predicted molar refractivity (Wildman–Crippen MR) is 118 cm³/mol. The number of carbonyl (C=O) groups excluding carboxylic acids is 6. The van der Waals surface area contributed by atoms with Crippen molar-refractivity contribution in [2.24, 2.45) is 0 Å². The Bertz CT molecular complexity index is 1000. The standard InChI is InChI=1S/C22H30N6O6/c1-4-26-18(10-13(2)25-26)21(33)24-16-7-8-19(31)27-9-5-6-17(28(27)22(16)34)20(32)23-15(12-29)11-14(3)30/h10,12,15-17H,4-9,11H2,1-3H3,(H,23,32)(H,24,33)/t15-,16-,17-/m0/s1. The molecule has 4 amide bonds. The molecule has 2 aliphatic heterocycles. The Balaban J connectivity index is 1.83. The summed E-state index contributed by atoms with van der Waals surface area (Å²) in [7, 11) is 0. The third-order valence-corrected chi connectivity index (χ3v) is 5.90. The third-order valence-electron chi connectivity index (χ3n) is 5.90. The number of fused-ring (bicyclic) bond motifs is 1. The number of Topliss-reactive ketones (excluding diaryl/α,β-unsaturated/α-hetero) is 1. The van der Waals surface area contributed by atoms with Crippen molar-refractivity contribution in [3.63, 3.8) is 0 Å². The van der Waals surface area contributed by atoms with Gasteiger partial charge in [0.25, 0.3) is 11.8 Å². The molecule has 12 heteroatoms. The van der Waals surface area contributed by atoms with E-state index in [1.165, 1.54) is 16.6 Å². The van der Waals surface area contributed by atoms with Gasteiger partial charge in [0.2, 0.25) is 11.8 Å². The number of aromatic nitrogens is 2. The van der Waals surface area contributed by atoms with Crippen molar-refractivity contribution in [2.45, 2.75) is 77.5 Å². The van der Waals surface area contributed by atoms with Gasteiger partial charge in [-0.05, 0) is 46.1 Å². The maximum Gasteiger partial charge on any atom is 0.270 e. The van der Waals surface area contributed by atoms with E-state index in [0.29, 0.717) is 30.6 Å². The van der Waals surface area contributed by atoms with Crippen LogP contribution in [0.1, 0.15) is 62.1 Å². The Hall–Kier alpha value is -3.57. The van der Waals surface area contributed by atoms with Crippen LogP contribution in [-0.4, -0.2) is 80.2 Å². The maximum atomic E-state index is 13.5. The van der Waals surface area contributed by atoms with Gasteiger partial charge in [-0.2, -0.15) is 5.10 Å². The number of hydrogen-bond acceptors (Lipinski definition) is 7. The second-order valence-corrected chi connectivity index (χ2v) is 8.57. The molecular formula is C22H30N6O6. The van der Waals surface area contributed by atoms with Crippen LogP contribution < -0.4 is 10.6 Å². The first kappa shape index (κ1) is 25.1. The number of amides is 4. The molecule has 0 unspecified atom stereocenters. The molecule has 2 saturated heterocycles. The second kappa shape index (κ2) is 10.6. The number of hydrazine groups is 1. The highest BCUT2D eigenvalue weighted by atomic mass is 16.2. The summed E-state index contributed by atoms with van der Waals surface area (Å²) in [5.41, 5.74) is 0.954. The molecular weight excluding hydrogens is 444 g/mol. The van der Waals surface area contributed by atoms with Crippen molar-refractivity contribution < 1.29 is 28.8 Å². The Kier molecular flexibility index (Phi) is 7.79. The Labute approximate surface area is 197 Å². The molecule has 3 heterocycles. The van der Waals surface area contributed by atoms with Gasteiger partial charge in [0.1, 0.15) is 29.8 Å². The molecule has 34 heavy (non-hydrogen) atoms. The number of nitrogens with zero attached hydrogens (tertiary/aromatic N) is 4. The van der Waals surface area contributed by atoms with E-state index in [-0.39, 0.29) is 43.9 Å². The number of aryl methyl sites for hydroxylation is 2. The highest BCUT2D eigenvalue weighted by Gasteiger charge is 2.45. The van der Waals surface area contributed by atoms with Gasteiger partial charge < -0.3 is 15.4 Å². The van der Waals surface area contributed by atoms with Crippen molar-refractivity contribution in [2.75, 3.05) is 6.54 Å². The lowest BCUT2D eigenvalue weighted by Crippen LogP contribution is -2.64. The van der Waals surface area contributed by atoms with Gasteiger partial charge in [0.15, 0.2) is 0 Å². The molecule has 0 saturated carbocycles. The van der Waals surface area contributed by atoms with Gasteiger partial charge in [0.05, 0.1) is 11.7 Å². The fourth-order valence-corrected chi connectivity index (χ4v) is 4.33. The summed E-state index contributed by atoms with van der Waals surface area (Å²) in [4.78, 5) is 74.8. The molecule has 1 aromatic rings. The van der Waals surface area contributed by atoms with E-state index >= 15 is 0 Å². The molecule has 1 aromatic heterocycles. The molecule has 2 fully saturated rings. The normalized spacial score (nSPS) is 21.4. The topological polar surface area (TPSA) is 151 Å². The summed E-state index contributed by atoms with van der Waals surface area (Å²) in [5, 5.41) is 11.8. The smallest absolute Gasteiger partial charge is 0.270 e. The zero-order valence-electron chi connectivity index (χ0n) is 19.6. The monoisotopic (exact) mass is 474 g/mol. The van der Waals surface area contributed by atoms with Crippen LogP contribution in [0.5, 0.6) is 0 Å². The van der Waals surface area contributed by atoms with Gasteiger partial charge in [-0.1, -0.05) is 0 Å². The van der Waals surface area contributed by atoms with Crippen LogP contribution in [0.25, 0.3) is 0 Å². The van der Waals surface area contributed by atoms with Crippen LogP contribution in [0.2, 0.25) is 0 Å². The van der Waals surface area contributed by atoms with Crippen LogP contribution in [0, 0.1) is 6.92 Å². The lowest BCUT2D eigenvalue weighted by atomic mass is 10.0. The molecule has 12 nitrogen and oxygen atoms in total. The van der Waals surface area contributed by atoms with Crippen LogP contribution >= 0.6 is 0 Å². The number of hydrogen-bond donors (Lipinski definition) is 2. The average Bonchev–Trinajstić information content (AvgIpc) is 3.15. The summed E-state index contributed by atoms with van der Waals surface area (Å²) in [6, 6.07) is -1.47. The van der Waals surface area contributed by atoms with E-state index in [9.17, 15) is 28.8 Å². The van der Waals surface area contributed by atoms with Crippen molar-refractivity contribution in [3.05, 3.63) is 17.5 Å². The zero-order valence-corrected chi connectivity index (χ0v) is 19.6. The Morgan fingerprint density at radius 3 is 2.65 bits per heavy atom. The molecule has 0 aliphatic carbocycles. The Morgan fingerprint density at radius 2 is 2.00 bits per heavy atom. The van der Waals surface area contributed by atoms with E-state index in [1.54, 1.807) is 13.0 Å². The fourth-order valence-electron chi connectivity index (χ4n) is 4.33. The predicted octanol–water partition coefficient (Wildman–Crippen LogP) is -0.499. The number of ketones is 1. The number of rotatable bonds is 8. The highest BCUT2D eigenvalue weighted by molar-refractivity contribution is 5.99. The van der Waals surface area contributed by atoms with Gasteiger partial charge in [-0.25, -0.2) is 5.01 Å². The molecule has 2 N–H and O–H groups in total. The molecule has 184 valence electrons. The first-order valence-corrected chi connectivity index (χ1v) is 11.4. The van der Waals surface area contributed by atoms with Crippen LogP contribution in [0.4, 0.5) is 0 Å². The van der Waals surface area contributed by atoms with E-state index in [1.807, 2.05) is 6.92 Å². The zero-order chi connectivity index (χ0) is 25.0. The van der Waals surface area contributed by atoms with Gasteiger partial charge >= 0.3 is 0 Å². The molecule has 3 rings (SSSR count). The molecule has 2 aliphatic rings. The molecule has 3 atom stereocenters. The summed E-state index contributed by atoms with van der Waals surface area (Å²) < 4.78 is 1.52. The highest BCUT2D eigenvalue weighted by Crippen LogP contribution is 2.25. The minimum absolute atomic E-state index is 0.0227. The van der Waals surface area contributed by atoms with E-state index in [0.717, 1.165) is 5.01 Å². The van der Waals surface area contributed by atoms with Crippen molar-refractivity contribution >= 4 is 35.7 Å². The van der Waals surface area contributed by atoms with Crippen LogP contribution in [0.3, 0.4) is 0 Å². The average molecular weight is 475 g/mol. The second-order valence-electron chi connectivity index (χ2n) is 8.57. The van der Waals surface area contributed by atoms with Crippen LogP contribution in [0.15, 0.2) is 6.07 Å². The molecule has 0 aromatic carbocycles. The minimum atomic E-state index is -1.04.